The van der Waals surface area contributed by atoms with Gasteiger partial charge in [-0.25, -0.2) is 0 Å². The number of carbonyl (C=O) groups is 1. The van der Waals surface area contributed by atoms with Crippen LogP contribution in [0.2, 0.25) is 0 Å². The molecule has 1 aromatic rings. The van der Waals surface area contributed by atoms with Gasteiger partial charge in [-0.2, -0.15) is 0 Å². The predicted molar refractivity (Wildman–Crippen MR) is 110 cm³/mol. The van der Waals surface area contributed by atoms with Gasteiger partial charge in [0.15, 0.2) is 5.11 Å². The van der Waals surface area contributed by atoms with Crippen LogP contribution in [0.15, 0.2) is 22.7 Å². The van der Waals surface area contributed by atoms with Crippen LogP contribution >= 0.6 is 28.1 Å². The molecule has 0 aliphatic heterocycles. The molecule has 0 heterocycles. The molecule has 0 aliphatic rings. The Morgan fingerprint density at radius 3 is 2.42 bits per heavy atom. The number of amides is 1. The Labute approximate surface area is 160 Å². The Morgan fingerprint density at radius 2 is 1.83 bits per heavy atom. The monoisotopic (exact) mass is 412 g/mol. The van der Waals surface area contributed by atoms with Crippen LogP contribution in [0.5, 0.6) is 0 Å². The summed E-state index contributed by atoms with van der Waals surface area (Å²) in [5, 5.41) is 6.24. The minimum Gasteiger partial charge on any atom is -0.362 e. The van der Waals surface area contributed by atoms with E-state index in [-0.39, 0.29) is 11.3 Å². The summed E-state index contributed by atoms with van der Waals surface area (Å²) < 4.78 is 0.942. The van der Waals surface area contributed by atoms with Gasteiger partial charge in [0, 0.05) is 16.6 Å². The van der Waals surface area contributed by atoms with Crippen LogP contribution in [0.4, 0.5) is 0 Å². The van der Waals surface area contributed by atoms with Gasteiger partial charge in [0.05, 0.1) is 0 Å². The minimum absolute atomic E-state index is 0.0302. The molecule has 24 heavy (non-hydrogen) atoms. The molecule has 0 atom stereocenters. The van der Waals surface area contributed by atoms with Gasteiger partial charge in [-0.3, -0.25) is 10.1 Å². The van der Waals surface area contributed by atoms with Crippen molar-refractivity contribution >= 4 is 39.2 Å². The summed E-state index contributed by atoms with van der Waals surface area (Å²) in [6.45, 7) is 9.44. The highest BCUT2D eigenvalue weighted by atomic mass is 79.9. The number of nitrogens with one attached hydrogen (secondary N) is 2. The molecule has 0 radical (unpaired) electrons. The molecule has 0 saturated carbocycles. The van der Waals surface area contributed by atoms with Gasteiger partial charge < -0.3 is 5.32 Å². The molecule has 1 rings (SSSR count). The van der Waals surface area contributed by atoms with E-state index in [1.807, 2.05) is 18.2 Å². The second-order valence-electron chi connectivity index (χ2n) is 7.07. The first kappa shape index (κ1) is 21.1. The number of thiocarbonyl (C=S) groups is 1. The molecule has 3 nitrogen and oxygen atoms in total. The highest BCUT2D eigenvalue weighted by molar-refractivity contribution is 9.10. The molecule has 0 unspecified atom stereocenters. The molecule has 0 fully saturated rings. The number of rotatable bonds is 7. The first-order chi connectivity index (χ1) is 11.3. The van der Waals surface area contributed by atoms with E-state index >= 15 is 0 Å². The molecule has 0 aromatic heterocycles. The lowest BCUT2D eigenvalue weighted by Crippen LogP contribution is -2.39. The maximum atomic E-state index is 12.3. The van der Waals surface area contributed by atoms with Gasteiger partial charge in [-0.05, 0) is 41.7 Å². The van der Waals surface area contributed by atoms with Crippen molar-refractivity contribution < 1.29 is 4.79 Å². The SMILES string of the molecule is CCCCCCCNC(=S)NC(=O)c1ccc(C(C)(C)C)c(Br)c1. The van der Waals surface area contributed by atoms with Gasteiger partial charge in [0.1, 0.15) is 0 Å². The molecule has 0 spiro atoms. The molecule has 1 aromatic carbocycles. The molecular formula is C19H29BrN2OS. The zero-order chi connectivity index (χ0) is 18.2. The van der Waals surface area contributed by atoms with E-state index in [0.717, 1.165) is 17.4 Å². The highest BCUT2D eigenvalue weighted by Gasteiger charge is 2.18. The third-order valence-corrected chi connectivity index (χ3v) is 4.73. The summed E-state index contributed by atoms with van der Waals surface area (Å²) in [6, 6.07) is 5.68. The van der Waals surface area contributed by atoms with Crippen molar-refractivity contribution in [3.05, 3.63) is 33.8 Å². The Bertz CT molecular complexity index is 567. The Kier molecular flexibility index (Phi) is 8.92. The van der Waals surface area contributed by atoms with Crippen molar-refractivity contribution in [2.24, 2.45) is 0 Å². The minimum atomic E-state index is -0.181. The quantitative estimate of drug-likeness (QED) is 0.470. The first-order valence-electron chi connectivity index (χ1n) is 8.65. The van der Waals surface area contributed by atoms with Crippen molar-refractivity contribution in [2.45, 2.75) is 65.2 Å². The average Bonchev–Trinajstić information content (AvgIpc) is 2.49. The fraction of sp³-hybridized carbons (Fsp3) is 0.579. The zero-order valence-corrected chi connectivity index (χ0v) is 17.6. The van der Waals surface area contributed by atoms with Gasteiger partial charge in [-0.15, -0.1) is 0 Å². The average molecular weight is 413 g/mol. The van der Waals surface area contributed by atoms with Crippen LogP contribution in [0.1, 0.15) is 75.7 Å². The zero-order valence-electron chi connectivity index (χ0n) is 15.2. The summed E-state index contributed by atoms with van der Waals surface area (Å²) in [7, 11) is 0. The van der Waals surface area contributed by atoms with Gasteiger partial charge in [0.2, 0.25) is 0 Å². The van der Waals surface area contributed by atoms with Crippen LogP contribution in [-0.4, -0.2) is 17.6 Å². The second-order valence-corrected chi connectivity index (χ2v) is 8.33. The van der Waals surface area contributed by atoms with E-state index < -0.39 is 0 Å². The van der Waals surface area contributed by atoms with Crippen molar-refractivity contribution in [2.75, 3.05) is 6.54 Å². The van der Waals surface area contributed by atoms with E-state index in [1.54, 1.807) is 0 Å². The third kappa shape index (κ3) is 7.31. The number of unbranched alkanes of at least 4 members (excludes halogenated alkanes) is 4. The topological polar surface area (TPSA) is 41.1 Å². The third-order valence-electron chi connectivity index (χ3n) is 3.83. The summed E-state index contributed by atoms with van der Waals surface area (Å²) in [4.78, 5) is 12.3. The summed E-state index contributed by atoms with van der Waals surface area (Å²) in [5.41, 5.74) is 1.80. The van der Waals surface area contributed by atoms with Crippen LogP contribution in [-0.2, 0) is 5.41 Å². The number of halogens is 1. The Balaban J connectivity index is 2.47. The molecule has 1 amide bonds. The van der Waals surface area contributed by atoms with Crippen molar-refractivity contribution in [3.8, 4) is 0 Å². The maximum absolute atomic E-state index is 12.3. The largest absolute Gasteiger partial charge is 0.362 e. The van der Waals surface area contributed by atoms with Gasteiger partial charge in [0.25, 0.3) is 5.91 Å². The molecule has 0 aliphatic carbocycles. The smallest absolute Gasteiger partial charge is 0.257 e. The van der Waals surface area contributed by atoms with Crippen molar-refractivity contribution in [1.29, 1.82) is 0 Å². The molecule has 5 heteroatoms. The lowest BCUT2D eigenvalue weighted by atomic mass is 9.86. The van der Waals surface area contributed by atoms with Crippen molar-refractivity contribution in [1.82, 2.24) is 10.6 Å². The number of hydrogen-bond donors (Lipinski definition) is 2. The molecule has 134 valence electrons. The van der Waals surface area contributed by atoms with E-state index in [4.69, 9.17) is 12.2 Å². The van der Waals surface area contributed by atoms with Gasteiger partial charge >= 0.3 is 0 Å². The van der Waals surface area contributed by atoms with E-state index in [2.05, 4.69) is 54.3 Å². The molecule has 0 bridgehead atoms. The first-order valence-corrected chi connectivity index (χ1v) is 9.85. The number of benzene rings is 1. The second kappa shape index (κ2) is 10.1. The van der Waals surface area contributed by atoms with E-state index in [1.165, 1.54) is 31.2 Å². The number of carbonyl (C=O) groups excluding carboxylic acids is 1. The van der Waals surface area contributed by atoms with Crippen LogP contribution in [0.25, 0.3) is 0 Å². The fourth-order valence-electron chi connectivity index (χ4n) is 2.41. The van der Waals surface area contributed by atoms with Crippen LogP contribution in [0, 0.1) is 0 Å². The highest BCUT2D eigenvalue weighted by Crippen LogP contribution is 2.30. The lowest BCUT2D eigenvalue weighted by molar-refractivity contribution is 0.0976. The van der Waals surface area contributed by atoms with Gasteiger partial charge in [-0.1, -0.05) is 75.4 Å². The lowest BCUT2D eigenvalue weighted by Gasteiger charge is -2.21. The summed E-state index contributed by atoms with van der Waals surface area (Å²) in [6.07, 6.45) is 6.04. The van der Waals surface area contributed by atoms with Crippen LogP contribution < -0.4 is 10.6 Å². The van der Waals surface area contributed by atoms with Crippen LogP contribution in [0.3, 0.4) is 0 Å². The predicted octanol–water partition coefficient (Wildman–Crippen LogP) is 5.32. The van der Waals surface area contributed by atoms with E-state index in [0.29, 0.717) is 10.7 Å². The summed E-state index contributed by atoms with van der Waals surface area (Å²) in [5.74, 6) is -0.181. The molecule has 0 saturated heterocycles. The normalized spacial score (nSPS) is 11.2. The Morgan fingerprint density at radius 1 is 1.17 bits per heavy atom. The maximum Gasteiger partial charge on any atom is 0.257 e. The number of hydrogen-bond acceptors (Lipinski definition) is 2. The van der Waals surface area contributed by atoms with Crippen molar-refractivity contribution in [3.63, 3.8) is 0 Å². The summed E-state index contributed by atoms with van der Waals surface area (Å²) >= 11 is 8.76. The Hall–Kier alpha value is -0.940. The van der Waals surface area contributed by atoms with E-state index in [9.17, 15) is 4.79 Å². The fourth-order valence-corrected chi connectivity index (χ4v) is 3.58. The standard InChI is InChI=1S/C19H29BrN2OS/c1-5-6-7-8-9-12-21-18(24)22-17(23)14-10-11-15(16(20)13-14)19(2,3)4/h10-11,13H,5-9,12H2,1-4H3,(H2,21,22,23,24). The molecular weight excluding hydrogens is 384 g/mol. The molecule has 2 N–H and O–H groups in total.